The van der Waals surface area contributed by atoms with Gasteiger partial charge in [0.2, 0.25) is 10.0 Å². The number of hydrogen-bond acceptors (Lipinski definition) is 6. The number of pyridine rings is 1. The van der Waals surface area contributed by atoms with Crippen LogP contribution in [0.3, 0.4) is 0 Å². The largest absolute Gasteiger partial charge is 0.336 e. The summed E-state index contributed by atoms with van der Waals surface area (Å²) in [5.74, 6) is 0. The average molecular weight is 347 g/mol. The highest BCUT2D eigenvalue weighted by molar-refractivity contribution is 7.89. The molecule has 2 aromatic rings. The summed E-state index contributed by atoms with van der Waals surface area (Å²) in [6, 6.07) is 1.76. The van der Waals surface area contributed by atoms with Gasteiger partial charge in [-0.15, -0.1) is 12.4 Å². The second-order valence-electron chi connectivity index (χ2n) is 5.22. The van der Waals surface area contributed by atoms with E-state index in [2.05, 4.69) is 15.5 Å². The van der Waals surface area contributed by atoms with E-state index in [0.29, 0.717) is 37.2 Å². The number of nitrogens with zero attached hydrogens (tertiary/aromatic N) is 3. The van der Waals surface area contributed by atoms with E-state index in [0.717, 1.165) is 5.69 Å². The molecule has 0 unspecified atom stereocenters. The van der Waals surface area contributed by atoms with Gasteiger partial charge in [-0.3, -0.25) is 0 Å². The van der Waals surface area contributed by atoms with Crippen LogP contribution in [0.2, 0.25) is 0 Å². The van der Waals surface area contributed by atoms with Crippen LogP contribution < -0.4 is 5.32 Å². The van der Waals surface area contributed by atoms with E-state index in [-0.39, 0.29) is 23.3 Å². The van der Waals surface area contributed by atoms with Crippen LogP contribution in [-0.2, 0) is 16.4 Å². The van der Waals surface area contributed by atoms with Gasteiger partial charge in [-0.1, -0.05) is 12.1 Å². The highest BCUT2D eigenvalue weighted by Crippen LogP contribution is 2.23. The fourth-order valence-electron chi connectivity index (χ4n) is 2.52. The SMILES string of the molecule is CCc1noc2ncc(S(=O)(=O)N3CCN[C@@H](C)C3)cc12.Cl. The van der Waals surface area contributed by atoms with Gasteiger partial charge >= 0.3 is 0 Å². The van der Waals surface area contributed by atoms with Gasteiger partial charge in [0.05, 0.1) is 17.3 Å². The highest BCUT2D eigenvalue weighted by atomic mass is 35.5. The normalized spacial score (nSPS) is 20.0. The van der Waals surface area contributed by atoms with Crippen LogP contribution in [0.5, 0.6) is 0 Å². The lowest BCUT2D eigenvalue weighted by Crippen LogP contribution is -2.51. The number of piperazine rings is 1. The standard InChI is InChI=1S/C13H18N4O3S.ClH/c1-3-12-11-6-10(7-15-13(11)20-16-12)21(18,19)17-5-4-14-9(2)8-17;/h6-7,9,14H,3-5,8H2,1-2H3;1H/t9-;/m0./s1. The van der Waals surface area contributed by atoms with Crippen LogP contribution in [0.15, 0.2) is 21.7 Å². The second-order valence-corrected chi connectivity index (χ2v) is 7.16. The Labute approximate surface area is 135 Å². The van der Waals surface area contributed by atoms with Gasteiger partial charge in [-0.05, 0) is 19.4 Å². The number of rotatable bonds is 3. The molecule has 3 rings (SSSR count). The fraction of sp³-hybridized carbons (Fsp3) is 0.538. The van der Waals surface area contributed by atoms with Gasteiger partial charge in [-0.2, -0.15) is 4.31 Å². The Kier molecular flexibility index (Phi) is 5.06. The molecule has 1 N–H and O–H groups in total. The molecule has 0 saturated carbocycles. The fourth-order valence-corrected chi connectivity index (χ4v) is 4.02. The number of hydrogen-bond donors (Lipinski definition) is 1. The van der Waals surface area contributed by atoms with Crippen molar-refractivity contribution in [1.82, 2.24) is 19.8 Å². The number of aromatic nitrogens is 2. The molecule has 22 heavy (non-hydrogen) atoms. The summed E-state index contributed by atoms with van der Waals surface area (Å²) in [6.45, 7) is 5.50. The first-order chi connectivity index (χ1) is 10.0. The molecular weight excluding hydrogens is 328 g/mol. The maximum absolute atomic E-state index is 12.7. The molecule has 0 radical (unpaired) electrons. The summed E-state index contributed by atoms with van der Waals surface area (Å²) in [5.41, 5.74) is 1.10. The molecule has 122 valence electrons. The summed E-state index contributed by atoms with van der Waals surface area (Å²) in [5, 5.41) is 7.81. The molecule has 0 amide bonds. The summed E-state index contributed by atoms with van der Waals surface area (Å²) in [4.78, 5) is 4.28. The van der Waals surface area contributed by atoms with Crippen molar-refractivity contribution < 1.29 is 12.9 Å². The molecule has 1 aliphatic heterocycles. The van der Waals surface area contributed by atoms with Crippen molar-refractivity contribution in [3.63, 3.8) is 0 Å². The van der Waals surface area contributed by atoms with Crippen molar-refractivity contribution in [3.05, 3.63) is 18.0 Å². The third kappa shape index (κ3) is 2.96. The summed E-state index contributed by atoms with van der Waals surface area (Å²) >= 11 is 0. The van der Waals surface area contributed by atoms with Crippen LogP contribution in [0.1, 0.15) is 19.5 Å². The molecule has 1 aliphatic rings. The highest BCUT2D eigenvalue weighted by Gasteiger charge is 2.29. The predicted molar refractivity (Wildman–Crippen MR) is 84.7 cm³/mol. The zero-order valence-corrected chi connectivity index (χ0v) is 14.1. The Bertz CT molecular complexity index is 762. The number of sulfonamides is 1. The minimum atomic E-state index is -3.53. The van der Waals surface area contributed by atoms with E-state index in [9.17, 15) is 8.42 Å². The zero-order chi connectivity index (χ0) is 15.0. The quantitative estimate of drug-likeness (QED) is 0.898. The van der Waals surface area contributed by atoms with E-state index in [1.807, 2.05) is 13.8 Å². The summed E-state index contributed by atoms with van der Waals surface area (Å²) in [7, 11) is -3.53. The van der Waals surface area contributed by atoms with Crippen LogP contribution in [-0.4, -0.2) is 48.5 Å². The van der Waals surface area contributed by atoms with Crippen molar-refractivity contribution in [2.45, 2.75) is 31.2 Å². The Morgan fingerprint density at radius 3 is 2.95 bits per heavy atom. The van der Waals surface area contributed by atoms with Crippen LogP contribution in [0.4, 0.5) is 0 Å². The maximum atomic E-state index is 12.7. The van der Waals surface area contributed by atoms with E-state index < -0.39 is 10.0 Å². The Hall–Kier alpha value is -1.22. The molecule has 0 aliphatic carbocycles. The first-order valence-electron chi connectivity index (χ1n) is 7.00. The first-order valence-corrected chi connectivity index (χ1v) is 8.44. The molecule has 7 nitrogen and oxygen atoms in total. The monoisotopic (exact) mass is 346 g/mol. The molecule has 1 fully saturated rings. The van der Waals surface area contributed by atoms with Gasteiger partial charge in [0.25, 0.3) is 5.71 Å². The minimum Gasteiger partial charge on any atom is -0.336 e. The predicted octanol–water partition coefficient (Wildman–Crippen LogP) is 1.19. The number of aryl methyl sites for hydroxylation is 1. The Morgan fingerprint density at radius 2 is 2.27 bits per heavy atom. The molecule has 1 saturated heterocycles. The van der Waals surface area contributed by atoms with Gasteiger partial charge in [-0.25, -0.2) is 13.4 Å². The van der Waals surface area contributed by atoms with Crippen molar-refractivity contribution in [3.8, 4) is 0 Å². The van der Waals surface area contributed by atoms with E-state index >= 15 is 0 Å². The molecule has 0 aromatic carbocycles. The molecule has 9 heteroatoms. The Morgan fingerprint density at radius 1 is 1.50 bits per heavy atom. The molecule has 0 spiro atoms. The molecule has 1 atom stereocenters. The molecule has 2 aromatic heterocycles. The Balaban J connectivity index is 0.00000176. The summed E-state index contributed by atoms with van der Waals surface area (Å²) < 4.78 is 32.0. The van der Waals surface area contributed by atoms with E-state index in [4.69, 9.17) is 4.52 Å². The van der Waals surface area contributed by atoms with Gasteiger partial charge in [0.15, 0.2) is 0 Å². The minimum absolute atomic E-state index is 0. The molecule has 0 bridgehead atoms. The van der Waals surface area contributed by atoms with Crippen LogP contribution in [0.25, 0.3) is 11.1 Å². The third-order valence-corrected chi connectivity index (χ3v) is 5.51. The number of nitrogens with one attached hydrogen (secondary N) is 1. The topological polar surface area (TPSA) is 88.3 Å². The van der Waals surface area contributed by atoms with Gasteiger partial charge < -0.3 is 9.84 Å². The number of fused-ring (bicyclic) bond motifs is 1. The first kappa shape index (κ1) is 17.1. The lowest BCUT2D eigenvalue weighted by atomic mass is 10.2. The van der Waals surface area contributed by atoms with Crippen molar-refractivity contribution >= 4 is 33.5 Å². The van der Waals surface area contributed by atoms with Crippen molar-refractivity contribution in [2.75, 3.05) is 19.6 Å². The van der Waals surface area contributed by atoms with Gasteiger partial charge in [0, 0.05) is 25.7 Å². The third-order valence-electron chi connectivity index (χ3n) is 3.68. The van der Waals surface area contributed by atoms with E-state index in [1.54, 1.807) is 6.07 Å². The van der Waals surface area contributed by atoms with Crippen molar-refractivity contribution in [1.29, 1.82) is 0 Å². The van der Waals surface area contributed by atoms with Crippen LogP contribution in [0, 0.1) is 0 Å². The van der Waals surface area contributed by atoms with Crippen LogP contribution >= 0.6 is 12.4 Å². The average Bonchev–Trinajstić information content (AvgIpc) is 2.89. The lowest BCUT2D eigenvalue weighted by molar-refractivity contribution is 0.310. The maximum Gasteiger partial charge on any atom is 0.258 e. The zero-order valence-electron chi connectivity index (χ0n) is 12.4. The van der Waals surface area contributed by atoms with E-state index in [1.165, 1.54) is 10.5 Å². The molecular formula is C13H19ClN4O3S. The number of halogens is 1. The second kappa shape index (κ2) is 6.49. The molecule has 3 heterocycles. The summed E-state index contributed by atoms with van der Waals surface area (Å²) in [6.07, 6.45) is 2.01. The van der Waals surface area contributed by atoms with Gasteiger partial charge in [0.1, 0.15) is 4.90 Å². The van der Waals surface area contributed by atoms with Crippen molar-refractivity contribution in [2.24, 2.45) is 0 Å². The lowest BCUT2D eigenvalue weighted by Gasteiger charge is -2.30. The smallest absolute Gasteiger partial charge is 0.258 e.